The molecule has 2 bridgehead atoms. The van der Waals surface area contributed by atoms with E-state index in [1.807, 2.05) is 26.0 Å². The first-order valence-corrected chi connectivity index (χ1v) is 9.03. The number of hydrogen-bond acceptors (Lipinski definition) is 3. The van der Waals surface area contributed by atoms with Crippen molar-refractivity contribution >= 4 is 23.5 Å². The Morgan fingerprint density at radius 2 is 1.73 bits per heavy atom. The Balaban J connectivity index is 1.66. The molecule has 6 heteroatoms. The number of aliphatic carboxylic acids is 1. The van der Waals surface area contributed by atoms with Crippen LogP contribution in [0, 0.1) is 23.7 Å². The Bertz CT molecular complexity index is 741. The summed E-state index contributed by atoms with van der Waals surface area (Å²) < 4.78 is 0. The molecule has 1 aromatic carbocycles. The van der Waals surface area contributed by atoms with Crippen molar-refractivity contribution in [2.24, 2.45) is 23.7 Å². The van der Waals surface area contributed by atoms with Gasteiger partial charge in [0, 0.05) is 17.3 Å². The number of hydrogen-bond donors (Lipinski definition) is 3. The van der Waals surface area contributed by atoms with Gasteiger partial charge in [-0.15, -0.1) is 0 Å². The second-order valence-electron chi connectivity index (χ2n) is 7.19. The van der Waals surface area contributed by atoms with Crippen LogP contribution >= 0.6 is 0 Å². The number of allylic oxidation sites excluding steroid dienone is 2. The zero-order valence-corrected chi connectivity index (χ0v) is 14.9. The highest BCUT2D eigenvalue weighted by Gasteiger charge is 2.51. The van der Waals surface area contributed by atoms with Gasteiger partial charge >= 0.3 is 5.97 Å². The highest BCUT2D eigenvalue weighted by Crippen LogP contribution is 2.48. The van der Waals surface area contributed by atoms with Gasteiger partial charge in [0.1, 0.15) is 0 Å². The van der Waals surface area contributed by atoms with Crippen molar-refractivity contribution in [1.29, 1.82) is 0 Å². The first kappa shape index (κ1) is 18.2. The molecule has 0 heterocycles. The predicted octanol–water partition coefficient (Wildman–Crippen LogP) is 2.68. The summed E-state index contributed by atoms with van der Waals surface area (Å²) in [6.07, 6.45) is 5.45. The minimum atomic E-state index is -0.918. The number of carbonyl (C=O) groups is 3. The maximum atomic E-state index is 12.6. The first-order chi connectivity index (χ1) is 12.4. The molecule has 0 spiro atoms. The molecule has 0 unspecified atom stereocenters. The molecular weight excluding hydrogens is 332 g/mol. The number of rotatable bonds is 6. The molecule has 0 aromatic heterocycles. The SMILES string of the molecule is CC[C@H](C)NC(=O)c1ccc(NC(=O)[C@@H]2[C@@H](C(=O)O)[C@H]3C=C[C@H]2C3)cc1. The third-order valence-electron chi connectivity index (χ3n) is 5.45. The van der Waals surface area contributed by atoms with Crippen LogP contribution in [0.1, 0.15) is 37.0 Å². The largest absolute Gasteiger partial charge is 0.481 e. The summed E-state index contributed by atoms with van der Waals surface area (Å²) in [4.78, 5) is 36.3. The minimum absolute atomic E-state index is 0.0123. The lowest BCUT2D eigenvalue weighted by Crippen LogP contribution is -2.36. The van der Waals surface area contributed by atoms with E-state index in [0.29, 0.717) is 11.3 Å². The highest BCUT2D eigenvalue weighted by atomic mass is 16.4. The molecule has 2 aliphatic rings. The molecule has 3 rings (SSSR count). The molecule has 26 heavy (non-hydrogen) atoms. The van der Waals surface area contributed by atoms with E-state index in [0.717, 1.165) is 12.8 Å². The fourth-order valence-corrected chi connectivity index (χ4v) is 3.86. The van der Waals surface area contributed by atoms with Crippen molar-refractivity contribution in [2.45, 2.75) is 32.7 Å². The van der Waals surface area contributed by atoms with Gasteiger partial charge in [-0.3, -0.25) is 14.4 Å². The molecule has 138 valence electrons. The molecule has 3 N–H and O–H groups in total. The van der Waals surface area contributed by atoms with E-state index >= 15 is 0 Å². The number of anilines is 1. The molecule has 0 saturated heterocycles. The molecule has 6 nitrogen and oxygen atoms in total. The number of carboxylic acids is 1. The predicted molar refractivity (Wildman–Crippen MR) is 97.6 cm³/mol. The lowest BCUT2D eigenvalue weighted by Gasteiger charge is -2.23. The van der Waals surface area contributed by atoms with Crippen LogP contribution in [0.25, 0.3) is 0 Å². The molecule has 0 radical (unpaired) electrons. The summed E-state index contributed by atoms with van der Waals surface area (Å²) in [7, 11) is 0. The van der Waals surface area contributed by atoms with Gasteiger partial charge in [0.25, 0.3) is 5.91 Å². The third-order valence-corrected chi connectivity index (χ3v) is 5.45. The lowest BCUT2D eigenvalue weighted by molar-refractivity contribution is -0.146. The van der Waals surface area contributed by atoms with Gasteiger partial charge in [-0.25, -0.2) is 0 Å². The lowest BCUT2D eigenvalue weighted by atomic mass is 9.82. The van der Waals surface area contributed by atoms with E-state index in [1.54, 1.807) is 24.3 Å². The van der Waals surface area contributed by atoms with Crippen molar-refractivity contribution < 1.29 is 19.5 Å². The number of fused-ring (bicyclic) bond motifs is 2. The van der Waals surface area contributed by atoms with E-state index < -0.39 is 17.8 Å². The van der Waals surface area contributed by atoms with E-state index in [4.69, 9.17) is 0 Å². The molecule has 2 amide bonds. The monoisotopic (exact) mass is 356 g/mol. The number of carboxylic acid groups (broad SMARTS) is 1. The van der Waals surface area contributed by atoms with Crippen LogP contribution in [-0.4, -0.2) is 28.9 Å². The van der Waals surface area contributed by atoms with E-state index in [9.17, 15) is 19.5 Å². The Hall–Kier alpha value is -2.63. The highest BCUT2D eigenvalue weighted by molar-refractivity contribution is 5.98. The van der Waals surface area contributed by atoms with Gasteiger partial charge in [-0.2, -0.15) is 0 Å². The molecule has 1 fully saturated rings. The van der Waals surface area contributed by atoms with Crippen LogP contribution < -0.4 is 10.6 Å². The van der Waals surface area contributed by atoms with Crippen LogP contribution in [0.15, 0.2) is 36.4 Å². The fraction of sp³-hybridized carbons (Fsp3) is 0.450. The fourth-order valence-electron chi connectivity index (χ4n) is 3.86. The molecule has 1 saturated carbocycles. The van der Waals surface area contributed by atoms with E-state index in [2.05, 4.69) is 10.6 Å². The molecule has 5 atom stereocenters. The van der Waals surface area contributed by atoms with Crippen molar-refractivity contribution in [3.8, 4) is 0 Å². The Morgan fingerprint density at radius 3 is 2.31 bits per heavy atom. The Morgan fingerprint density at radius 1 is 1.12 bits per heavy atom. The number of nitrogens with one attached hydrogen (secondary N) is 2. The van der Waals surface area contributed by atoms with Crippen LogP contribution in [0.3, 0.4) is 0 Å². The van der Waals surface area contributed by atoms with Gasteiger partial charge in [0.15, 0.2) is 0 Å². The first-order valence-electron chi connectivity index (χ1n) is 9.03. The van der Waals surface area contributed by atoms with Crippen LogP contribution in [0.5, 0.6) is 0 Å². The maximum absolute atomic E-state index is 12.6. The second-order valence-corrected chi connectivity index (χ2v) is 7.19. The van der Waals surface area contributed by atoms with Gasteiger partial charge in [-0.05, 0) is 55.9 Å². The number of carbonyl (C=O) groups excluding carboxylic acids is 2. The zero-order chi connectivity index (χ0) is 18.8. The summed E-state index contributed by atoms with van der Waals surface area (Å²) in [5.41, 5.74) is 1.08. The summed E-state index contributed by atoms with van der Waals surface area (Å²) in [6, 6.07) is 6.75. The van der Waals surface area contributed by atoms with Crippen molar-refractivity contribution in [3.63, 3.8) is 0 Å². The van der Waals surface area contributed by atoms with E-state index in [1.165, 1.54) is 0 Å². The molecule has 0 aliphatic heterocycles. The molecule has 2 aliphatic carbocycles. The Kier molecular flexibility index (Phi) is 5.11. The van der Waals surface area contributed by atoms with Gasteiger partial charge in [-0.1, -0.05) is 19.1 Å². The number of amides is 2. The van der Waals surface area contributed by atoms with Gasteiger partial charge < -0.3 is 15.7 Å². The smallest absolute Gasteiger partial charge is 0.307 e. The number of benzene rings is 1. The summed E-state index contributed by atoms with van der Waals surface area (Å²) in [5.74, 6) is -2.62. The average Bonchev–Trinajstić information content (AvgIpc) is 3.23. The van der Waals surface area contributed by atoms with Crippen LogP contribution in [-0.2, 0) is 9.59 Å². The van der Waals surface area contributed by atoms with Crippen molar-refractivity contribution in [1.82, 2.24) is 5.32 Å². The summed E-state index contributed by atoms with van der Waals surface area (Å²) in [6.45, 7) is 3.94. The van der Waals surface area contributed by atoms with Gasteiger partial charge in [0.2, 0.25) is 5.91 Å². The second kappa shape index (κ2) is 7.32. The summed E-state index contributed by atoms with van der Waals surface area (Å²) >= 11 is 0. The zero-order valence-electron chi connectivity index (χ0n) is 14.9. The maximum Gasteiger partial charge on any atom is 0.307 e. The van der Waals surface area contributed by atoms with Crippen molar-refractivity contribution in [2.75, 3.05) is 5.32 Å². The normalized spacial score (nSPS) is 27.2. The molecular formula is C20H24N2O4. The van der Waals surface area contributed by atoms with Crippen LogP contribution in [0.2, 0.25) is 0 Å². The molecule has 1 aromatic rings. The minimum Gasteiger partial charge on any atom is -0.481 e. The third kappa shape index (κ3) is 3.49. The van der Waals surface area contributed by atoms with Gasteiger partial charge in [0.05, 0.1) is 11.8 Å². The topological polar surface area (TPSA) is 95.5 Å². The van der Waals surface area contributed by atoms with E-state index in [-0.39, 0.29) is 29.7 Å². The summed E-state index contributed by atoms with van der Waals surface area (Å²) in [5, 5.41) is 15.1. The standard InChI is InChI=1S/C20H24N2O4/c1-3-11(2)21-18(23)12-6-8-15(9-7-12)22-19(24)16-13-4-5-14(10-13)17(16)20(25)26/h4-9,11,13-14,16-17H,3,10H2,1-2H3,(H,21,23)(H,22,24)(H,25,26)/t11-,13-,14-,16-,17-/m0/s1. The quantitative estimate of drug-likeness (QED) is 0.683. The van der Waals surface area contributed by atoms with Crippen LogP contribution in [0.4, 0.5) is 5.69 Å². The van der Waals surface area contributed by atoms with Crippen molar-refractivity contribution in [3.05, 3.63) is 42.0 Å². The Labute approximate surface area is 152 Å². The average molecular weight is 356 g/mol.